The maximum absolute atomic E-state index is 12.4. The zero-order chi connectivity index (χ0) is 18.1. The van der Waals surface area contributed by atoms with E-state index in [4.69, 9.17) is 4.74 Å². The molecule has 0 aliphatic carbocycles. The Labute approximate surface area is 150 Å². The smallest absolute Gasteiger partial charge is 0.251 e. The van der Waals surface area contributed by atoms with Gasteiger partial charge in [0.25, 0.3) is 5.91 Å². The summed E-state index contributed by atoms with van der Waals surface area (Å²) >= 11 is 0. The van der Waals surface area contributed by atoms with E-state index in [1.165, 1.54) is 5.56 Å². The lowest BCUT2D eigenvalue weighted by Gasteiger charge is -2.20. The molecule has 0 aliphatic heterocycles. The van der Waals surface area contributed by atoms with Crippen LogP contribution in [0.15, 0.2) is 48.5 Å². The quantitative estimate of drug-likeness (QED) is 0.754. The van der Waals surface area contributed by atoms with Crippen LogP contribution < -0.4 is 10.1 Å². The average molecular weight is 340 g/mol. The highest BCUT2D eigenvalue weighted by Crippen LogP contribution is 2.14. The van der Waals surface area contributed by atoms with E-state index in [-0.39, 0.29) is 5.91 Å². The van der Waals surface area contributed by atoms with Crippen LogP contribution in [-0.2, 0) is 13.1 Å². The number of amides is 1. The van der Waals surface area contributed by atoms with Gasteiger partial charge in [0.2, 0.25) is 0 Å². The summed E-state index contributed by atoms with van der Waals surface area (Å²) in [6, 6.07) is 15.5. The lowest BCUT2D eigenvalue weighted by Crippen LogP contribution is -2.26. The Morgan fingerprint density at radius 1 is 0.960 bits per heavy atom. The standard InChI is InChI=1S/C21H28N2O2/c1-4-23(5-2)16-19-10-8-7-9-18(19)15-22-21(24)17-11-13-20(14-12-17)25-6-3/h7-14H,4-6,15-16H2,1-3H3,(H,22,24). The zero-order valence-electron chi connectivity index (χ0n) is 15.4. The lowest BCUT2D eigenvalue weighted by atomic mass is 10.1. The van der Waals surface area contributed by atoms with Crippen LogP contribution in [0.3, 0.4) is 0 Å². The van der Waals surface area contributed by atoms with Gasteiger partial charge in [0.1, 0.15) is 5.75 Å². The Hall–Kier alpha value is -2.33. The molecule has 4 heteroatoms. The Bertz CT molecular complexity index is 664. The normalized spacial score (nSPS) is 10.7. The van der Waals surface area contributed by atoms with Crippen molar-refractivity contribution in [3.05, 3.63) is 65.2 Å². The van der Waals surface area contributed by atoms with Crippen molar-refractivity contribution in [2.24, 2.45) is 0 Å². The van der Waals surface area contributed by atoms with E-state index in [0.717, 1.165) is 30.9 Å². The Morgan fingerprint density at radius 3 is 2.20 bits per heavy atom. The fraction of sp³-hybridized carbons (Fsp3) is 0.381. The molecule has 0 saturated carbocycles. The van der Waals surface area contributed by atoms with Crippen LogP contribution in [0, 0.1) is 0 Å². The first-order chi connectivity index (χ1) is 12.2. The van der Waals surface area contributed by atoms with E-state index in [9.17, 15) is 4.79 Å². The van der Waals surface area contributed by atoms with Crippen LogP contribution in [0.25, 0.3) is 0 Å². The highest BCUT2D eigenvalue weighted by atomic mass is 16.5. The van der Waals surface area contributed by atoms with Crippen LogP contribution in [0.2, 0.25) is 0 Å². The third-order valence-corrected chi connectivity index (χ3v) is 4.27. The van der Waals surface area contributed by atoms with Crippen LogP contribution in [0.5, 0.6) is 5.75 Å². The van der Waals surface area contributed by atoms with Crippen molar-refractivity contribution in [2.75, 3.05) is 19.7 Å². The van der Waals surface area contributed by atoms with Crippen molar-refractivity contribution in [1.82, 2.24) is 10.2 Å². The average Bonchev–Trinajstić information content (AvgIpc) is 2.65. The number of nitrogens with zero attached hydrogens (tertiary/aromatic N) is 1. The Balaban J connectivity index is 1.99. The van der Waals surface area contributed by atoms with Crippen molar-refractivity contribution >= 4 is 5.91 Å². The monoisotopic (exact) mass is 340 g/mol. The van der Waals surface area contributed by atoms with Crippen LogP contribution >= 0.6 is 0 Å². The van der Waals surface area contributed by atoms with E-state index in [2.05, 4.69) is 42.3 Å². The van der Waals surface area contributed by atoms with Crippen molar-refractivity contribution in [3.63, 3.8) is 0 Å². The highest BCUT2D eigenvalue weighted by Gasteiger charge is 2.09. The number of ether oxygens (including phenoxy) is 1. The number of hydrogen-bond donors (Lipinski definition) is 1. The van der Waals surface area contributed by atoms with Gasteiger partial charge in [-0.05, 0) is 55.4 Å². The summed E-state index contributed by atoms with van der Waals surface area (Å²) in [4.78, 5) is 14.7. The largest absolute Gasteiger partial charge is 0.494 e. The number of hydrogen-bond acceptors (Lipinski definition) is 3. The summed E-state index contributed by atoms with van der Waals surface area (Å²) < 4.78 is 5.41. The van der Waals surface area contributed by atoms with Gasteiger partial charge in [-0.15, -0.1) is 0 Å². The van der Waals surface area contributed by atoms with Gasteiger partial charge in [-0.3, -0.25) is 9.69 Å². The molecule has 25 heavy (non-hydrogen) atoms. The van der Waals surface area contributed by atoms with Gasteiger partial charge in [0.05, 0.1) is 6.61 Å². The highest BCUT2D eigenvalue weighted by molar-refractivity contribution is 5.94. The molecule has 134 valence electrons. The van der Waals surface area contributed by atoms with Gasteiger partial charge in [-0.25, -0.2) is 0 Å². The first kappa shape index (κ1) is 19.0. The molecule has 0 fully saturated rings. The first-order valence-electron chi connectivity index (χ1n) is 8.98. The van der Waals surface area contributed by atoms with Crippen molar-refractivity contribution in [1.29, 1.82) is 0 Å². The first-order valence-corrected chi connectivity index (χ1v) is 8.98. The van der Waals surface area contributed by atoms with E-state index in [1.54, 1.807) is 12.1 Å². The number of rotatable bonds is 9. The molecule has 0 bridgehead atoms. The molecule has 0 unspecified atom stereocenters. The minimum absolute atomic E-state index is 0.0688. The van der Waals surface area contributed by atoms with Crippen LogP contribution in [-0.4, -0.2) is 30.5 Å². The van der Waals surface area contributed by atoms with Crippen molar-refractivity contribution in [3.8, 4) is 5.75 Å². The van der Waals surface area contributed by atoms with E-state index >= 15 is 0 Å². The second-order valence-electron chi connectivity index (χ2n) is 5.87. The van der Waals surface area contributed by atoms with Crippen molar-refractivity contribution in [2.45, 2.75) is 33.9 Å². The maximum atomic E-state index is 12.4. The van der Waals surface area contributed by atoms with E-state index in [0.29, 0.717) is 18.7 Å². The third kappa shape index (κ3) is 5.61. The molecule has 4 nitrogen and oxygen atoms in total. The maximum Gasteiger partial charge on any atom is 0.251 e. The Morgan fingerprint density at radius 2 is 1.60 bits per heavy atom. The number of benzene rings is 2. The summed E-state index contributed by atoms with van der Waals surface area (Å²) in [5.74, 6) is 0.712. The summed E-state index contributed by atoms with van der Waals surface area (Å²) in [5, 5.41) is 3.02. The summed E-state index contributed by atoms with van der Waals surface area (Å²) in [5.41, 5.74) is 3.07. The van der Waals surface area contributed by atoms with Gasteiger partial charge < -0.3 is 10.1 Å². The molecule has 0 heterocycles. The second-order valence-corrected chi connectivity index (χ2v) is 5.87. The van der Waals surface area contributed by atoms with Gasteiger partial charge in [-0.2, -0.15) is 0 Å². The number of carbonyl (C=O) groups is 1. The Kier molecular flexibility index (Phi) is 7.48. The molecule has 1 amide bonds. The van der Waals surface area contributed by atoms with Gasteiger partial charge in [-0.1, -0.05) is 38.1 Å². The molecular formula is C21H28N2O2. The van der Waals surface area contributed by atoms with Gasteiger partial charge in [0, 0.05) is 18.7 Å². The summed E-state index contributed by atoms with van der Waals surface area (Å²) in [7, 11) is 0. The van der Waals surface area contributed by atoms with Gasteiger partial charge in [0.15, 0.2) is 0 Å². The predicted molar refractivity (Wildman–Crippen MR) is 102 cm³/mol. The van der Waals surface area contributed by atoms with E-state index in [1.807, 2.05) is 25.1 Å². The molecule has 0 aliphatic rings. The minimum atomic E-state index is -0.0688. The number of carbonyl (C=O) groups excluding carboxylic acids is 1. The molecule has 2 aromatic carbocycles. The SMILES string of the molecule is CCOc1ccc(C(=O)NCc2ccccc2CN(CC)CC)cc1. The molecule has 1 N–H and O–H groups in total. The summed E-state index contributed by atoms with van der Waals surface area (Å²) in [6.45, 7) is 10.4. The molecule has 0 spiro atoms. The minimum Gasteiger partial charge on any atom is -0.494 e. The molecule has 0 saturated heterocycles. The van der Waals surface area contributed by atoms with Gasteiger partial charge >= 0.3 is 0 Å². The molecule has 0 atom stereocenters. The lowest BCUT2D eigenvalue weighted by molar-refractivity contribution is 0.0950. The third-order valence-electron chi connectivity index (χ3n) is 4.27. The van der Waals surface area contributed by atoms with Crippen LogP contribution in [0.4, 0.5) is 0 Å². The second kappa shape index (κ2) is 9.84. The number of nitrogens with one attached hydrogen (secondary N) is 1. The fourth-order valence-electron chi connectivity index (χ4n) is 2.72. The van der Waals surface area contributed by atoms with Crippen LogP contribution in [0.1, 0.15) is 42.3 Å². The van der Waals surface area contributed by atoms with E-state index < -0.39 is 0 Å². The zero-order valence-corrected chi connectivity index (χ0v) is 15.4. The summed E-state index contributed by atoms with van der Waals surface area (Å²) in [6.07, 6.45) is 0. The molecular weight excluding hydrogens is 312 g/mol. The molecule has 0 aromatic heterocycles. The molecule has 2 rings (SSSR count). The topological polar surface area (TPSA) is 41.6 Å². The predicted octanol–water partition coefficient (Wildman–Crippen LogP) is 3.86. The van der Waals surface area contributed by atoms with Crippen molar-refractivity contribution < 1.29 is 9.53 Å². The molecule has 0 radical (unpaired) electrons. The fourth-order valence-corrected chi connectivity index (χ4v) is 2.72. The molecule has 2 aromatic rings.